The van der Waals surface area contributed by atoms with Crippen LogP contribution in [0.4, 0.5) is 0 Å². The molecule has 14 heteroatoms. The van der Waals surface area contributed by atoms with Crippen molar-refractivity contribution in [2.75, 3.05) is 48.5 Å². The molecule has 14 nitrogen and oxygen atoms in total. The number of carboxylic acids is 1. The normalized spacial score (nSPS) is 17.9. The molecule has 0 aliphatic carbocycles. The molecule has 9 atom stereocenters. The van der Waals surface area contributed by atoms with Crippen LogP contribution in [-0.2, 0) is 51.0 Å². The number of amides is 3. The maximum atomic E-state index is 14.6. The number of aromatic carboxylic acids is 1. The van der Waals surface area contributed by atoms with Crippen LogP contribution in [0.5, 0.6) is 0 Å². The highest BCUT2D eigenvalue weighted by atomic mass is 16.5. The van der Waals surface area contributed by atoms with Crippen molar-refractivity contribution in [3.8, 4) is 0 Å². The monoisotopic (exact) mass is 893 g/mol. The van der Waals surface area contributed by atoms with E-state index in [4.69, 9.17) is 14.2 Å². The molecule has 64 heavy (non-hydrogen) atoms. The lowest BCUT2D eigenvalue weighted by molar-refractivity contribution is -0.149. The van der Waals surface area contributed by atoms with Crippen LogP contribution in [0.3, 0.4) is 0 Å². The average molecular weight is 893 g/mol. The molecule has 1 unspecified atom stereocenters. The molecular weight excluding hydrogens is 817 g/mol. The number of esters is 1. The summed E-state index contributed by atoms with van der Waals surface area (Å²) in [6.45, 7) is 14.6. The van der Waals surface area contributed by atoms with Crippen LogP contribution >= 0.6 is 0 Å². The molecule has 2 aromatic carbocycles. The molecule has 2 aromatic rings. The third-order valence-electron chi connectivity index (χ3n) is 13.2. The predicted molar refractivity (Wildman–Crippen MR) is 247 cm³/mol. The van der Waals surface area contributed by atoms with Gasteiger partial charge in [-0.15, -0.1) is 0 Å². The molecule has 0 radical (unpaired) electrons. The Kier molecular flexibility index (Phi) is 21.6. The second-order valence-electron chi connectivity index (χ2n) is 18.3. The van der Waals surface area contributed by atoms with Gasteiger partial charge in [0.15, 0.2) is 0 Å². The van der Waals surface area contributed by atoms with Gasteiger partial charge in [0.05, 0.1) is 55.3 Å². The highest BCUT2D eigenvalue weighted by Gasteiger charge is 2.43. The molecule has 3 rings (SSSR count). The van der Waals surface area contributed by atoms with Gasteiger partial charge in [-0.05, 0) is 73.7 Å². The molecule has 2 N–H and O–H groups in total. The Morgan fingerprint density at radius 3 is 2.02 bits per heavy atom. The Morgan fingerprint density at radius 1 is 0.844 bits per heavy atom. The molecular formula is C50H76N4O10. The van der Waals surface area contributed by atoms with Crippen LogP contribution in [-0.4, -0.2) is 140 Å². The fourth-order valence-corrected chi connectivity index (χ4v) is 9.32. The number of carbonyl (C=O) groups is 6. The third-order valence-corrected chi connectivity index (χ3v) is 13.2. The van der Waals surface area contributed by atoms with Crippen LogP contribution < -0.4 is 5.32 Å². The van der Waals surface area contributed by atoms with Crippen LogP contribution in [0, 0.1) is 29.6 Å². The molecule has 0 spiro atoms. The number of hydrogen-bond acceptors (Lipinski definition) is 10. The first-order valence-corrected chi connectivity index (χ1v) is 22.9. The number of benzene rings is 2. The Morgan fingerprint density at radius 2 is 1.48 bits per heavy atom. The van der Waals surface area contributed by atoms with Crippen LogP contribution in [0.25, 0.3) is 0 Å². The van der Waals surface area contributed by atoms with Gasteiger partial charge in [0.2, 0.25) is 17.7 Å². The number of likely N-dealkylation sites (N-methyl/N-ethyl adjacent to an activating group) is 2. The fourth-order valence-electron chi connectivity index (χ4n) is 9.32. The summed E-state index contributed by atoms with van der Waals surface area (Å²) in [7, 11) is 8.00. The summed E-state index contributed by atoms with van der Waals surface area (Å²) in [6.07, 6.45) is 1.69. The van der Waals surface area contributed by atoms with Crippen LogP contribution in [0.2, 0.25) is 0 Å². The van der Waals surface area contributed by atoms with Crippen molar-refractivity contribution in [2.24, 2.45) is 29.6 Å². The van der Waals surface area contributed by atoms with E-state index in [-0.39, 0.29) is 65.7 Å². The van der Waals surface area contributed by atoms with E-state index in [9.17, 15) is 33.9 Å². The van der Waals surface area contributed by atoms with E-state index in [1.807, 2.05) is 83.8 Å². The van der Waals surface area contributed by atoms with Gasteiger partial charge >= 0.3 is 11.9 Å². The van der Waals surface area contributed by atoms with Gasteiger partial charge in [0, 0.05) is 46.7 Å². The number of rotatable bonds is 26. The minimum atomic E-state index is -0.988. The van der Waals surface area contributed by atoms with Gasteiger partial charge in [-0.25, -0.2) is 4.79 Å². The number of ether oxygens (including phenoxy) is 3. The zero-order valence-corrected chi connectivity index (χ0v) is 40.4. The van der Waals surface area contributed by atoms with E-state index in [1.165, 1.54) is 7.11 Å². The van der Waals surface area contributed by atoms with E-state index >= 15 is 0 Å². The first-order chi connectivity index (χ1) is 30.3. The van der Waals surface area contributed by atoms with Gasteiger partial charge in [0.1, 0.15) is 11.8 Å². The average Bonchev–Trinajstić information content (AvgIpc) is 3.76. The number of carbonyl (C=O) groups excluding carboxylic acids is 5. The Bertz CT molecular complexity index is 1820. The first-order valence-electron chi connectivity index (χ1n) is 22.9. The first kappa shape index (κ1) is 53.7. The maximum Gasteiger partial charge on any atom is 0.335 e. The second-order valence-corrected chi connectivity index (χ2v) is 18.3. The van der Waals surface area contributed by atoms with Gasteiger partial charge in [-0.1, -0.05) is 97.4 Å². The zero-order chi connectivity index (χ0) is 47.8. The Hall–Kier alpha value is -4.66. The number of Topliss-reactive ketones (excluding diaryl/α,β-unsaturated/α-hetero) is 1. The smallest absolute Gasteiger partial charge is 0.335 e. The molecule has 0 aromatic heterocycles. The number of nitrogens with one attached hydrogen (secondary N) is 1. The Balaban J connectivity index is 1.77. The SMILES string of the molecule is CC[C@H](C)[C@@H]([C@@H](CC(=O)N1CCC[C@H]1[C@H](OC)[C@@H](C)C(=O)C[C@@H](Cc1ccccc1)C(=O)OC)OC)N(C)C(=O)[C@@H](NC(=O)C(C(C)C)N(C)CCc1ccc(C(=O)O)cc1)C(C)C. The summed E-state index contributed by atoms with van der Waals surface area (Å²) in [5.74, 6) is -4.00. The molecule has 0 bridgehead atoms. The summed E-state index contributed by atoms with van der Waals surface area (Å²) in [5.41, 5.74) is 2.08. The summed E-state index contributed by atoms with van der Waals surface area (Å²) >= 11 is 0. The molecule has 3 amide bonds. The second kappa shape index (κ2) is 25.7. The van der Waals surface area contributed by atoms with Crippen molar-refractivity contribution in [3.63, 3.8) is 0 Å². The van der Waals surface area contributed by atoms with Crippen LogP contribution in [0.15, 0.2) is 54.6 Å². The number of carboxylic acid groups (broad SMARTS) is 1. The van der Waals surface area contributed by atoms with Crippen molar-refractivity contribution in [2.45, 2.75) is 130 Å². The maximum absolute atomic E-state index is 14.6. The lowest BCUT2D eigenvalue weighted by Crippen LogP contribution is -2.60. The van der Waals surface area contributed by atoms with E-state index in [0.29, 0.717) is 38.8 Å². The quantitative estimate of drug-likeness (QED) is 0.107. The highest BCUT2D eigenvalue weighted by molar-refractivity contribution is 5.90. The summed E-state index contributed by atoms with van der Waals surface area (Å²) in [6, 6.07) is 13.9. The minimum Gasteiger partial charge on any atom is -0.478 e. The van der Waals surface area contributed by atoms with E-state index in [1.54, 1.807) is 62.3 Å². The highest BCUT2D eigenvalue weighted by Crippen LogP contribution is 2.31. The third kappa shape index (κ3) is 14.4. The molecule has 1 saturated heterocycles. The standard InChI is InChI=1S/C50H76N4O10/c1-13-33(6)45(53(9)48(58)43(31(2)3)51-47(57)44(32(4)5)52(8)27-25-35-21-23-37(24-22-35)49(59)60)41(62-10)30-42(56)54-26-17-20-39(54)46(63-11)34(7)40(55)29-38(50(61)64-12)28-36-18-15-14-16-19-36/h14-16,18-19,21-24,31-34,38-39,41,43-46H,13,17,20,25-30H2,1-12H3,(H,51,57)(H,59,60)/t33-,34-,38+,39-,41+,43-,44?,45-,46+/m0/s1. The lowest BCUT2D eigenvalue weighted by atomic mass is 9.85. The molecule has 1 fully saturated rings. The van der Waals surface area contributed by atoms with Crippen molar-refractivity contribution in [1.29, 1.82) is 0 Å². The number of ketones is 1. The number of methoxy groups -OCH3 is 3. The van der Waals surface area contributed by atoms with E-state index < -0.39 is 54.1 Å². The van der Waals surface area contributed by atoms with E-state index in [0.717, 1.165) is 17.5 Å². The van der Waals surface area contributed by atoms with E-state index in [2.05, 4.69) is 5.32 Å². The number of likely N-dealkylation sites (tertiary alicyclic amines) is 1. The summed E-state index contributed by atoms with van der Waals surface area (Å²) < 4.78 is 17.1. The van der Waals surface area contributed by atoms with Gasteiger partial charge < -0.3 is 34.4 Å². The van der Waals surface area contributed by atoms with Gasteiger partial charge in [-0.3, -0.25) is 28.9 Å². The molecule has 0 saturated carbocycles. The van der Waals surface area contributed by atoms with Crippen molar-refractivity contribution in [1.82, 2.24) is 20.0 Å². The molecule has 1 heterocycles. The topological polar surface area (TPSA) is 172 Å². The molecule has 1 aliphatic heterocycles. The summed E-state index contributed by atoms with van der Waals surface area (Å²) in [5, 5.41) is 12.4. The predicted octanol–water partition coefficient (Wildman–Crippen LogP) is 5.94. The van der Waals surface area contributed by atoms with Gasteiger partial charge in [-0.2, -0.15) is 0 Å². The summed E-state index contributed by atoms with van der Waals surface area (Å²) in [4.78, 5) is 86.4. The van der Waals surface area contributed by atoms with Crippen molar-refractivity contribution >= 4 is 35.4 Å². The largest absolute Gasteiger partial charge is 0.478 e. The Labute approximate surface area is 381 Å². The van der Waals surface area contributed by atoms with Gasteiger partial charge in [0.25, 0.3) is 0 Å². The fraction of sp³-hybridized carbons (Fsp3) is 0.640. The molecule has 1 aliphatic rings. The number of nitrogens with zero attached hydrogens (tertiary/aromatic N) is 3. The van der Waals surface area contributed by atoms with Crippen molar-refractivity contribution in [3.05, 3.63) is 71.3 Å². The molecule has 356 valence electrons. The lowest BCUT2D eigenvalue weighted by Gasteiger charge is -2.41. The zero-order valence-electron chi connectivity index (χ0n) is 40.4. The number of hydrogen-bond donors (Lipinski definition) is 2. The minimum absolute atomic E-state index is 0.0160. The van der Waals surface area contributed by atoms with Crippen molar-refractivity contribution < 1.29 is 48.1 Å². The van der Waals surface area contributed by atoms with Crippen LogP contribution in [0.1, 0.15) is 102 Å².